The molecule has 1 aliphatic rings. The maximum absolute atomic E-state index is 9.03. The van der Waals surface area contributed by atoms with Crippen LogP contribution >= 0.6 is 23.4 Å². The predicted molar refractivity (Wildman–Crippen MR) is 74.8 cm³/mol. The number of rotatable bonds is 4. The van der Waals surface area contributed by atoms with E-state index < -0.39 is 0 Å². The summed E-state index contributed by atoms with van der Waals surface area (Å²) in [4.78, 5) is 0. The minimum absolute atomic E-state index is 0.356. The molecule has 0 heterocycles. The summed E-state index contributed by atoms with van der Waals surface area (Å²) >= 11 is 7.87. The van der Waals surface area contributed by atoms with Crippen LogP contribution in [-0.4, -0.2) is 17.5 Å². The Kier molecular flexibility index (Phi) is 3.86. The summed E-state index contributed by atoms with van der Waals surface area (Å²) in [6.07, 6.45) is 5.97. The summed E-state index contributed by atoms with van der Waals surface area (Å²) < 4.78 is 0.356. The molecule has 0 bridgehead atoms. The molecule has 1 aliphatic carbocycles. The predicted octanol–water partition coefficient (Wildman–Crippen LogP) is 3.91. The van der Waals surface area contributed by atoms with E-state index in [0.29, 0.717) is 15.3 Å². The summed E-state index contributed by atoms with van der Waals surface area (Å²) in [7, 11) is 0. The molecule has 0 spiro atoms. The first kappa shape index (κ1) is 12.6. The van der Waals surface area contributed by atoms with Gasteiger partial charge in [0.25, 0.3) is 0 Å². The third-order valence-corrected chi connectivity index (χ3v) is 5.05. The van der Waals surface area contributed by atoms with Gasteiger partial charge in [0.05, 0.1) is 11.3 Å². The largest absolute Gasteiger partial charge is 0.383 e. The monoisotopic (exact) mass is 266 g/mol. The summed E-state index contributed by atoms with van der Waals surface area (Å²) in [5, 5.41) is 13.1. The second-order valence-electron chi connectivity index (χ2n) is 4.40. The lowest BCUT2D eigenvalue weighted by atomic mass is 9.84. The van der Waals surface area contributed by atoms with E-state index in [-0.39, 0.29) is 0 Å². The SMILES string of the molecule is CSC1(CNc2cc(Cl)ccc2C#N)CCC1. The molecule has 1 fully saturated rings. The van der Waals surface area contributed by atoms with E-state index >= 15 is 0 Å². The number of nitrogens with one attached hydrogen (secondary N) is 1. The summed E-state index contributed by atoms with van der Waals surface area (Å²) in [5.41, 5.74) is 1.50. The quantitative estimate of drug-likeness (QED) is 0.898. The Labute approximate surface area is 111 Å². The van der Waals surface area contributed by atoms with E-state index in [1.807, 2.05) is 17.8 Å². The van der Waals surface area contributed by atoms with Crippen molar-refractivity contribution in [2.75, 3.05) is 18.1 Å². The summed E-state index contributed by atoms with van der Waals surface area (Å²) in [6.45, 7) is 0.906. The van der Waals surface area contributed by atoms with Crippen LogP contribution in [0.1, 0.15) is 24.8 Å². The molecule has 0 saturated heterocycles. The van der Waals surface area contributed by atoms with Gasteiger partial charge < -0.3 is 5.32 Å². The van der Waals surface area contributed by atoms with Crippen molar-refractivity contribution in [3.63, 3.8) is 0 Å². The standard InChI is InChI=1S/C13H15ClN2S/c1-17-13(5-2-6-13)9-16-12-7-11(14)4-3-10(12)8-15/h3-4,7,16H,2,5-6,9H2,1H3. The number of nitrogens with zero attached hydrogens (tertiary/aromatic N) is 1. The zero-order valence-electron chi connectivity index (χ0n) is 9.79. The lowest BCUT2D eigenvalue weighted by Gasteiger charge is -2.40. The molecule has 1 aromatic rings. The normalized spacial score (nSPS) is 17.0. The van der Waals surface area contributed by atoms with Crippen LogP contribution in [0.3, 0.4) is 0 Å². The van der Waals surface area contributed by atoms with E-state index in [1.54, 1.807) is 12.1 Å². The number of benzene rings is 1. The van der Waals surface area contributed by atoms with Crippen LogP contribution in [0.15, 0.2) is 18.2 Å². The van der Waals surface area contributed by atoms with Gasteiger partial charge in [-0.15, -0.1) is 0 Å². The Morgan fingerprint density at radius 2 is 2.29 bits per heavy atom. The molecule has 0 radical (unpaired) electrons. The van der Waals surface area contributed by atoms with Gasteiger partial charge in [-0.2, -0.15) is 17.0 Å². The molecule has 0 amide bonds. The van der Waals surface area contributed by atoms with Gasteiger partial charge in [-0.3, -0.25) is 0 Å². The molecular formula is C13H15ClN2S. The average molecular weight is 267 g/mol. The van der Waals surface area contributed by atoms with Crippen molar-refractivity contribution in [1.82, 2.24) is 0 Å². The van der Waals surface area contributed by atoms with E-state index in [1.165, 1.54) is 19.3 Å². The van der Waals surface area contributed by atoms with E-state index in [4.69, 9.17) is 16.9 Å². The van der Waals surface area contributed by atoms with Gasteiger partial charge in [-0.1, -0.05) is 18.0 Å². The Bertz CT molecular complexity index is 444. The highest BCUT2D eigenvalue weighted by Crippen LogP contribution is 2.42. The van der Waals surface area contributed by atoms with Crippen LogP contribution in [0.5, 0.6) is 0 Å². The lowest BCUT2D eigenvalue weighted by molar-refractivity contribution is 0.380. The van der Waals surface area contributed by atoms with Gasteiger partial charge in [0.2, 0.25) is 0 Å². The molecule has 0 unspecified atom stereocenters. The third-order valence-electron chi connectivity index (χ3n) is 3.40. The molecule has 4 heteroatoms. The molecule has 90 valence electrons. The van der Waals surface area contributed by atoms with Gasteiger partial charge >= 0.3 is 0 Å². The van der Waals surface area contributed by atoms with Crippen LogP contribution in [0.2, 0.25) is 5.02 Å². The van der Waals surface area contributed by atoms with Gasteiger partial charge in [-0.25, -0.2) is 0 Å². The number of anilines is 1. The molecular weight excluding hydrogens is 252 g/mol. The Balaban J connectivity index is 2.08. The van der Waals surface area contributed by atoms with E-state index in [2.05, 4.69) is 17.6 Å². The fourth-order valence-corrected chi connectivity index (χ4v) is 3.13. The molecule has 2 rings (SSSR count). The molecule has 1 saturated carbocycles. The van der Waals surface area contributed by atoms with Crippen LogP contribution in [-0.2, 0) is 0 Å². The van der Waals surface area contributed by atoms with Crippen molar-refractivity contribution in [2.45, 2.75) is 24.0 Å². The van der Waals surface area contributed by atoms with Gasteiger partial charge in [-0.05, 0) is 37.3 Å². The number of thioether (sulfide) groups is 1. The fourth-order valence-electron chi connectivity index (χ4n) is 2.04. The molecule has 0 aliphatic heterocycles. The Morgan fingerprint density at radius 3 is 2.82 bits per heavy atom. The second-order valence-corrected chi connectivity index (χ2v) is 6.11. The topological polar surface area (TPSA) is 35.8 Å². The van der Waals surface area contributed by atoms with E-state index in [9.17, 15) is 0 Å². The number of hydrogen-bond acceptors (Lipinski definition) is 3. The highest BCUT2D eigenvalue weighted by atomic mass is 35.5. The maximum Gasteiger partial charge on any atom is 0.101 e. The average Bonchev–Trinajstić information content (AvgIpc) is 2.28. The summed E-state index contributed by atoms with van der Waals surface area (Å²) in [6, 6.07) is 7.52. The first-order valence-electron chi connectivity index (χ1n) is 5.68. The number of nitriles is 1. The Morgan fingerprint density at radius 1 is 1.53 bits per heavy atom. The Hall–Kier alpha value is -0.850. The van der Waals surface area contributed by atoms with Gasteiger partial charge in [0.15, 0.2) is 0 Å². The maximum atomic E-state index is 9.03. The second kappa shape index (κ2) is 5.20. The van der Waals surface area contributed by atoms with Crippen molar-refractivity contribution in [1.29, 1.82) is 5.26 Å². The molecule has 0 atom stereocenters. The van der Waals surface area contributed by atoms with Crippen LogP contribution in [0.25, 0.3) is 0 Å². The van der Waals surface area contributed by atoms with Crippen molar-refractivity contribution < 1.29 is 0 Å². The third kappa shape index (κ3) is 2.70. The molecule has 1 N–H and O–H groups in total. The lowest BCUT2D eigenvalue weighted by Crippen LogP contribution is -2.40. The van der Waals surface area contributed by atoms with Crippen LogP contribution < -0.4 is 5.32 Å². The van der Waals surface area contributed by atoms with Crippen molar-refractivity contribution in [3.05, 3.63) is 28.8 Å². The molecule has 1 aromatic carbocycles. The minimum Gasteiger partial charge on any atom is -0.383 e. The number of halogens is 1. The first-order chi connectivity index (χ1) is 8.19. The van der Waals surface area contributed by atoms with Crippen LogP contribution in [0.4, 0.5) is 5.69 Å². The van der Waals surface area contributed by atoms with Crippen molar-refractivity contribution >= 4 is 29.1 Å². The molecule has 2 nitrogen and oxygen atoms in total. The van der Waals surface area contributed by atoms with Crippen LogP contribution in [0, 0.1) is 11.3 Å². The van der Waals surface area contributed by atoms with E-state index in [0.717, 1.165) is 12.2 Å². The zero-order chi connectivity index (χ0) is 12.3. The van der Waals surface area contributed by atoms with Crippen molar-refractivity contribution in [2.24, 2.45) is 0 Å². The number of hydrogen-bond donors (Lipinski definition) is 1. The molecule has 0 aromatic heterocycles. The minimum atomic E-state index is 0.356. The smallest absolute Gasteiger partial charge is 0.101 e. The molecule has 17 heavy (non-hydrogen) atoms. The zero-order valence-corrected chi connectivity index (χ0v) is 11.4. The van der Waals surface area contributed by atoms with Gasteiger partial charge in [0, 0.05) is 16.3 Å². The first-order valence-corrected chi connectivity index (χ1v) is 7.28. The summed E-state index contributed by atoms with van der Waals surface area (Å²) in [5.74, 6) is 0. The van der Waals surface area contributed by atoms with Gasteiger partial charge in [0.1, 0.15) is 6.07 Å². The highest BCUT2D eigenvalue weighted by molar-refractivity contribution is 8.00. The fraction of sp³-hybridized carbons (Fsp3) is 0.462. The highest BCUT2D eigenvalue weighted by Gasteiger charge is 2.35. The van der Waals surface area contributed by atoms with Crippen molar-refractivity contribution in [3.8, 4) is 6.07 Å².